The third-order valence-electron chi connectivity index (χ3n) is 3.57. The Kier molecular flexibility index (Phi) is 2.00. The van der Waals surface area contributed by atoms with Gasteiger partial charge in [0.2, 0.25) is 0 Å². The summed E-state index contributed by atoms with van der Waals surface area (Å²) in [4.78, 5) is 0. The Morgan fingerprint density at radius 1 is 1.19 bits per heavy atom. The van der Waals surface area contributed by atoms with Crippen molar-refractivity contribution in [2.24, 2.45) is 0 Å². The second kappa shape index (κ2) is 3.38. The van der Waals surface area contributed by atoms with E-state index in [1.165, 1.54) is 0 Å². The first-order valence-electron chi connectivity index (χ1n) is 5.74. The van der Waals surface area contributed by atoms with Gasteiger partial charge in [0, 0.05) is 5.39 Å². The fourth-order valence-corrected chi connectivity index (χ4v) is 2.61. The van der Waals surface area contributed by atoms with Crippen molar-refractivity contribution in [2.75, 3.05) is 0 Å². The van der Waals surface area contributed by atoms with E-state index in [2.05, 4.69) is 6.07 Å². The molecule has 3 rings (SSSR count). The molecule has 16 heavy (non-hydrogen) atoms. The molecule has 1 aliphatic carbocycles. The average molecular weight is 211 g/mol. The third-order valence-corrected chi connectivity index (χ3v) is 3.57. The van der Waals surface area contributed by atoms with Crippen molar-refractivity contribution >= 4 is 11.0 Å². The zero-order valence-corrected chi connectivity index (χ0v) is 9.07. The summed E-state index contributed by atoms with van der Waals surface area (Å²) in [5, 5.41) is 10.5. The van der Waals surface area contributed by atoms with Crippen molar-refractivity contribution in [1.29, 1.82) is 5.26 Å². The molecule has 1 fully saturated rings. The summed E-state index contributed by atoms with van der Waals surface area (Å²) in [6.07, 6.45) is 4.13. The quantitative estimate of drug-likeness (QED) is 0.720. The highest BCUT2D eigenvalue weighted by Crippen LogP contribution is 2.42. The molecule has 1 saturated carbocycles. The van der Waals surface area contributed by atoms with Gasteiger partial charge >= 0.3 is 0 Å². The van der Waals surface area contributed by atoms with E-state index in [-0.39, 0.29) is 5.41 Å². The van der Waals surface area contributed by atoms with Gasteiger partial charge in [0.05, 0.1) is 6.07 Å². The van der Waals surface area contributed by atoms with Crippen LogP contribution in [0.1, 0.15) is 31.4 Å². The van der Waals surface area contributed by atoms with Gasteiger partial charge in [-0.15, -0.1) is 0 Å². The maximum absolute atomic E-state index is 9.39. The summed E-state index contributed by atoms with van der Waals surface area (Å²) >= 11 is 0. The summed E-state index contributed by atoms with van der Waals surface area (Å²) in [7, 11) is 0. The van der Waals surface area contributed by atoms with Crippen molar-refractivity contribution in [1.82, 2.24) is 0 Å². The molecule has 0 unspecified atom stereocenters. The van der Waals surface area contributed by atoms with E-state index in [0.29, 0.717) is 0 Å². The molecule has 0 atom stereocenters. The average Bonchev–Trinajstić information content (AvgIpc) is 2.96. The monoisotopic (exact) mass is 211 g/mol. The molecule has 1 aromatic heterocycles. The molecular weight excluding hydrogens is 198 g/mol. The Hall–Kier alpha value is -1.75. The maximum Gasteiger partial charge on any atom is 0.134 e. The maximum atomic E-state index is 9.39. The molecule has 2 heteroatoms. The molecule has 0 bridgehead atoms. The number of fused-ring (bicyclic) bond motifs is 1. The number of hydrogen-bond donors (Lipinski definition) is 0. The highest BCUT2D eigenvalue weighted by Gasteiger charge is 2.38. The van der Waals surface area contributed by atoms with Crippen LogP contribution in [0.5, 0.6) is 0 Å². The molecule has 1 heterocycles. The number of hydrogen-bond acceptors (Lipinski definition) is 2. The lowest BCUT2D eigenvalue weighted by atomic mass is 9.85. The number of benzene rings is 1. The van der Waals surface area contributed by atoms with Crippen LogP contribution in [0.3, 0.4) is 0 Å². The predicted molar refractivity (Wildman–Crippen MR) is 62.0 cm³/mol. The van der Waals surface area contributed by atoms with E-state index < -0.39 is 0 Å². The van der Waals surface area contributed by atoms with Gasteiger partial charge in [-0.3, -0.25) is 0 Å². The number of rotatable bonds is 1. The SMILES string of the molecule is N#CC1(c2cc3ccccc3o2)CCCC1. The Bertz CT molecular complexity index is 522. The summed E-state index contributed by atoms with van der Waals surface area (Å²) in [6, 6.07) is 12.4. The van der Waals surface area contributed by atoms with Crippen LogP contribution in [-0.2, 0) is 5.41 Å². The van der Waals surface area contributed by atoms with E-state index in [1.807, 2.05) is 30.3 Å². The first kappa shape index (κ1) is 9.47. The van der Waals surface area contributed by atoms with Gasteiger partial charge in [-0.05, 0) is 25.0 Å². The number of para-hydroxylation sites is 1. The third kappa shape index (κ3) is 1.25. The van der Waals surface area contributed by atoms with Crippen LogP contribution in [-0.4, -0.2) is 0 Å². The Balaban J connectivity index is 2.15. The molecule has 2 aromatic rings. The molecular formula is C14H13NO. The highest BCUT2D eigenvalue weighted by molar-refractivity contribution is 5.78. The van der Waals surface area contributed by atoms with Gasteiger partial charge in [-0.1, -0.05) is 31.0 Å². The summed E-state index contributed by atoms with van der Waals surface area (Å²) in [6.45, 7) is 0. The minimum absolute atomic E-state index is 0.362. The Labute approximate surface area is 94.5 Å². The van der Waals surface area contributed by atoms with E-state index in [1.54, 1.807) is 0 Å². The normalized spacial score (nSPS) is 18.7. The van der Waals surface area contributed by atoms with Crippen molar-refractivity contribution in [3.05, 3.63) is 36.1 Å². The molecule has 0 N–H and O–H groups in total. The largest absolute Gasteiger partial charge is 0.459 e. The predicted octanol–water partition coefficient (Wildman–Crippen LogP) is 3.77. The lowest BCUT2D eigenvalue weighted by molar-refractivity contribution is 0.428. The van der Waals surface area contributed by atoms with Gasteiger partial charge in [0.1, 0.15) is 16.8 Å². The van der Waals surface area contributed by atoms with Gasteiger partial charge in [0.25, 0.3) is 0 Å². The molecule has 2 nitrogen and oxygen atoms in total. The Morgan fingerprint density at radius 2 is 1.94 bits per heavy atom. The lowest BCUT2D eigenvalue weighted by Gasteiger charge is -2.16. The number of furan rings is 1. The molecule has 1 aliphatic rings. The molecule has 0 saturated heterocycles. The number of nitrogens with zero attached hydrogens (tertiary/aromatic N) is 1. The van der Waals surface area contributed by atoms with Crippen LogP contribution in [0.15, 0.2) is 34.7 Å². The highest BCUT2D eigenvalue weighted by atomic mass is 16.3. The van der Waals surface area contributed by atoms with E-state index in [9.17, 15) is 5.26 Å². The second-order valence-electron chi connectivity index (χ2n) is 4.55. The second-order valence-corrected chi connectivity index (χ2v) is 4.55. The summed E-state index contributed by atoms with van der Waals surface area (Å²) in [5.41, 5.74) is 0.526. The topological polar surface area (TPSA) is 36.9 Å². The minimum atomic E-state index is -0.362. The van der Waals surface area contributed by atoms with Crippen LogP contribution in [0, 0.1) is 11.3 Å². The minimum Gasteiger partial charge on any atom is -0.459 e. The van der Waals surface area contributed by atoms with Gasteiger partial charge in [0.15, 0.2) is 0 Å². The zero-order valence-electron chi connectivity index (χ0n) is 9.07. The summed E-state index contributed by atoms with van der Waals surface area (Å²) in [5.74, 6) is 0.855. The standard InChI is InChI=1S/C14H13NO/c15-10-14(7-3-4-8-14)13-9-11-5-1-2-6-12(11)16-13/h1-2,5-6,9H,3-4,7-8H2. The summed E-state index contributed by atoms with van der Waals surface area (Å²) < 4.78 is 5.82. The van der Waals surface area contributed by atoms with Crippen molar-refractivity contribution in [3.63, 3.8) is 0 Å². The van der Waals surface area contributed by atoms with Crippen LogP contribution in [0.2, 0.25) is 0 Å². The molecule has 0 aliphatic heterocycles. The van der Waals surface area contributed by atoms with Crippen LogP contribution in [0.4, 0.5) is 0 Å². The first-order chi connectivity index (χ1) is 7.84. The molecule has 1 aromatic carbocycles. The van der Waals surface area contributed by atoms with Gasteiger partial charge in [-0.2, -0.15) is 5.26 Å². The molecule has 0 spiro atoms. The van der Waals surface area contributed by atoms with Gasteiger partial charge in [-0.25, -0.2) is 0 Å². The fourth-order valence-electron chi connectivity index (χ4n) is 2.61. The Morgan fingerprint density at radius 3 is 2.62 bits per heavy atom. The molecule has 0 amide bonds. The van der Waals surface area contributed by atoms with E-state index in [0.717, 1.165) is 42.4 Å². The van der Waals surface area contributed by atoms with Gasteiger partial charge < -0.3 is 4.42 Å². The zero-order chi connectivity index (χ0) is 11.0. The molecule has 80 valence electrons. The van der Waals surface area contributed by atoms with Crippen molar-refractivity contribution in [2.45, 2.75) is 31.1 Å². The van der Waals surface area contributed by atoms with Crippen molar-refractivity contribution in [3.8, 4) is 6.07 Å². The molecule has 0 radical (unpaired) electrons. The van der Waals surface area contributed by atoms with Crippen LogP contribution >= 0.6 is 0 Å². The smallest absolute Gasteiger partial charge is 0.134 e. The van der Waals surface area contributed by atoms with E-state index in [4.69, 9.17) is 4.42 Å². The van der Waals surface area contributed by atoms with Crippen LogP contribution in [0.25, 0.3) is 11.0 Å². The first-order valence-corrected chi connectivity index (χ1v) is 5.74. The fraction of sp³-hybridized carbons (Fsp3) is 0.357. The lowest BCUT2D eigenvalue weighted by Crippen LogP contribution is -2.17. The van der Waals surface area contributed by atoms with Crippen molar-refractivity contribution < 1.29 is 4.42 Å². The van der Waals surface area contributed by atoms with Crippen LogP contribution < -0.4 is 0 Å². The number of nitriles is 1. The van der Waals surface area contributed by atoms with E-state index >= 15 is 0 Å².